The Kier molecular flexibility index (Phi) is 4.43. The summed E-state index contributed by atoms with van der Waals surface area (Å²) in [5, 5.41) is 3.35. The number of rotatable bonds is 5. The smallest absolute Gasteiger partial charge is 0.141 e. The van der Waals surface area contributed by atoms with Gasteiger partial charge in [-0.15, -0.1) is 0 Å². The van der Waals surface area contributed by atoms with Gasteiger partial charge in [-0.1, -0.05) is 13.0 Å². The van der Waals surface area contributed by atoms with Crippen molar-refractivity contribution in [3.8, 4) is 5.75 Å². The molecule has 3 nitrogen and oxygen atoms in total. The van der Waals surface area contributed by atoms with Crippen LogP contribution in [-0.2, 0) is 0 Å². The van der Waals surface area contributed by atoms with E-state index < -0.39 is 0 Å². The van der Waals surface area contributed by atoms with Crippen molar-refractivity contribution in [2.24, 2.45) is 11.7 Å². The van der Waals surface area contributed by atoms with Crippen molar-refractivity contribution < 1.29 is 4.74 Å². The predicted molar refractivity (Wildman–Crippen MR) is 64.4 cm³/mol. The van der Waals surface area contributed by atoms with Gasteiger partial charge in [0.25, 0.3) is 0 Å². The van der Waals surface area contributed by atoms with Gasteiger partial charge in [-0.2, -0.15) is 0 Å². The first kappa shape index (κ1) is 11.9. The molecule has 3 N–H and O–H groups in total. The van der Waals surface area contributed by atoms with Gasteiger partial charge in [0.15, 0.2) is 0 Å². The molecule has 1 aromatic rings. The molecular formula is C12H20N2O. The first-order valence-corrected chi connectivity index (χ1v) is 5.26. The molecule has 0 amide bonds. The number of benzene rings is 1. The van der Waals surface area contributed by atoms with Crippen LogP contribution in [-0.4, -0.2) is 20.2 Å². The molecule has 0 radical (unpaired) electrons. The summed E-state index contributed by atoms with van der Waals surface area (Å²) in [5.74, 6) is 1.35. The van der Waals surface area contributed by atoms with Crippen molar-refractivity contribution in [2.45, 2.75) is 13.8 Å². The van der Waals surface area contributed by atoms with Crippen LogP contribution in [0, 0.1) is 12.8 Å². The summed E-state index contributed by atoms with van der Waals surface area (Å²) in [7, 11) is 1.68. The molecule has 15 heavy (non-hydrogen) atoms. The molecule has 0 saturated carbocycles. The zero-order valence-corrected chi connectivity index (χ0v) is 9.71. The summed E-state index contributed by atoms with van der Waals surface area (Å²) in [6.45, 7) is 5.75. The van der Waals surface area contributed by atoms with Crippen molar-refractivity contribution >= 4 is 5.69 Å². The van der Waals surface area contributed by atoms with E-state index in [1.54, 1.807) is 7.11 Å². The summed E-state index contributed by atoms with van der Waals surface area (Å²) in [5.41, 5.74) is 7.83. The maximum atomic E-state index is 5.57. The largest absolute Gasteiger partial charge is 0.495 e. The highest BCUT2D eigenvalue weighted by molar-refractivity contribution is 5.57. The van der Waals surface area contributed by atoms with Gasteiger partial charge in [0.05, 0.1) is 12.8 Å². The van der Waals surface area contributed by atoms with Crippen LogP contribution >= 0.6 is 0 Å². The molecule has 0 aliphatic carbocycles. The number of hydrogen-bond donors (Lipinski definition) is 2. The van der Waals surface area contributed by atoms with Gasteiger partial charge in [0.1, 0.15) is 5.75 Å². The SMILES string of the molecule is COc1ccc(C)cc1NCC(C)CN. The van der Waals surface area contributed by atoms with Crippen LogP contribution in [0.2, 0.25) is 0 Å². The minimum absolute atomic E-state index is 0.468. The molecule has 1 aromatic carbocycles. The lowest BCUT2D eigenvalue weighted by atomic mass is 10.1. The topological polar surface area (TPSA) is 47.3 Å². The molecule has 0 aliphatic heterocycles. The quantitative estimate of drug-likeness (QED) is 0.778. The highest BCUT2D eigenvalue weighted by Crippen LogP contribution is 2.25. The Hall–Kier alpha value is -1.22. The molecule has 0 fully saturated rings. The summed E-state index contributed by atoms with van der Waals surface area (Å²) in [4.78, 5) is 0. The number of nitrogens with two attached hydrogens (primary N) is 1. The number of nitrogens with one attached hydrogen (secondary N) is 1. The van der Waals surface area contributed by atoms with Crippen molar-refractivity contribution in [1.29, 1.82) is 0 Å². The maximum absolute atomic E-state index is 5.57. The molecule has 1 unspecified atom stereocenters. The van der Waals surface area contributed by atoms with Crippen LogP contribution in [0.5, 0.6) is 5.75 Å². The first-order chi connectivity index (χ1) is 7.17. The van der Waals surface area contributed by atoms with Crippen molar-refractivity contribution in [1.82, 2.24) is 0 Å². The number of aryl methyl sites for hydroxylation is 1. The van der Waals surface area contributed by atoms with E-state index in [1.165, 1.54) is 5.56 Å². The fraction of sp³-hybridized carbons (Fsp3) is 0.500. The van der Waals surface area contributed by atoms with Gasteiger partial charge in [0, 0.05) is 6.54 Å². The van der Waals surface area contributed by atoms with Crippen molar-refractivity contribution in [2.75, 3.05) is 25.5 Å². The van der Waals surface area contributed by atoms with E-state index in [9.17, 15) is 0 Å². The lowest BCUT2D eigenvalue weighted by Gasteiger charge is -2.14. The Morgan fingerprint density at radius 2 is 2.20 bits per heavy atom. The standard InChI is InChI=1S/C12H20N2O/c1-9-4-5-12(15-3)11(6-9)14-8-10(2)7-13/h4-6,10,14H,7-8,13H2,1-3H3. The number of anilines is 1. The van der Waals surface area contributed by atoms with Crippen molar-refractivity contribution in [3.05, 3.63) is 23.8 Å². The Bertz CT molecular complexity index is 312. The van der Waals surface area contributed by atoms with Crippen LogP contribution in [0.1, 0.15) is 12.5 Å². The Labute approximate surface area is 91.6 Å². The number of ether oxygens (including phenoxy) is 1. The van der Waals surface area contributed by atoms with Gasteiger partial charge in [-0.3, -0.25) is 0 Å². The number of hydrogen-bond acceptors (Lipinski definition) is 3. The van der Waals surface area contributed by atoms with Crippen molar-refractivity contribution in [3.63, 3.8) is 0 Å². The van der Waals surface area contributed by atoms with Crippen LogP contribution in [0.4, 0.5) is 5.69 Å². The average molecular weight is 208 g/mol. The molecule has 0 spiro atoms. The van der Waals surface area contributed by atoms with Crippen LogP contribution in [0.3, 0.4) is 0 Å². The van der Waals surface area contributed by atoms with Gasteiger partial charge >= 0.3 is 0 Å². The molecule has 84 valence electrons. The summed E-state index contributed by atoms with van der Waals surface area (Å²) in [6, 6.07) is 6.10. The van der Waals surface area contributed by atoms with Crippen LogP contribution < -0.4 is 15.8 Å². The van der Waals surface area contributed by atoms with Gasteiger partial charge in [0.2, 0.25) is 0 Å². The molecule has 1 atom stereocenters. The van der Waals surface area contributed by atoms with E-state index >= 15 is 0 Å². The molecular weight excluding hydrogens is 188 g/mol. The zero-order valence-electron chi connectivity index (χ0n) is 9.71. The van der Waals surface area contributed by atoms with Gasteiger partial charge in [-0.05, 0) is 37.1 Å². The molecule has 0 aliphatic rings. The highest BCUT2D eigenvalue weighted by Gasteiger charge is 2.04. The molecule has 3 heteroatoms. The molecule has 0 aromatic heterocycles. The summed E-state index contributed by atoms with van der Waals surface area (Å²) in [6.07, 6.45) is 0. The third-order valence-electron chi connectivity index (χ3n) is 2.40. The first-order valence-electron chi connectivity index (χ1n) is 5.26. The zero-order chi connectivity index (χ0) is 11.3. The fourth-order valence-electron chi connectivity index (χ4n) is 1.33. The third-order valence-corrected chi connectivity index (χ3v) is 2.40. The van der Waals surface area contributed by atoms with Gasteiger partial charge < -0.3 is 15.8 Å². The molecule has 0 saturated heterocycles. The van der Waals surface area contributed by atoms with E-state index in [-0.39, 0.29) is 0 Å². The minimum Gasteiger partial charge on any atom is -0.495 e. The lowest BCUT2D eigenvalue weighted by Crippen LogP contribution is -2.20. The lowest BCUT2D eigenvalue weighted by molar-refractivity contribution is 0.416. The summed E-state index contributed by atoms with van der Waals surface area (Å²) >= 11 is 0. The Morgan fingerprint density at radius 1 is 1.47 bits per heavy atom. The van der Waals surface area contributed by atoms with E-state index in [0.29, 0.717) is 12.5 Å². The maximum Gasteiger partial charge on any atom is 0.141 e. The number of methoxy groups -OCH3 is 1. The Balaban J connectivity index is 2.69. The second-order valence-electron chi connectivity index (χ2n) is 3.93. The van der Waals surface area contributed by atoms with Crippen LogP contribution in [0.25, 0.3) is 0 Å². The average Bonchev–Trinajstić information content (AvgIpc) is 2.26. The minimum atomic E-state index is 0.468. The van der Waals surface area contributed by atoms with Gasteiger partial charge in [-0.25, -0.2) is 0 Å². The molecule has 0 bridgehead atoms. The van der Waals surface area contributed by atoms with Crippen LogP contribution in [0.15, 0.2) is 18.2 Å². The normalized spacial score (nSPS) is 12.3. The molecule has 1 rings (SSSR count). The van der Waals surface area contributed by atoms with E-state index in [2.05, 4.69) is 25.2 Å². The summed E-state index contributed by atoms with van der Waals surface area (Å²) < 4.78 is 5.27. The third kappa shape index (κ3) is 3.44. The van der Waals surface area contributed by atoms with E-state index in [1.807, 2.05) is 12.1 Å². The Morgan fingerprint density at radius 3 is 2.80 bits per heavy atom. The predicted octanol–water partition coefficient (Wildman–Crippen LogP) is 2.01. The van der Waals surface area contributed by atoms with E-state index in [4.69, 9.17) is 10.5 Å². The fourth-order valence-corrected chi connectivity index (χ4v) is 1.33. The second kappa shape index (κ2) is 5.61. The highest BCUT2D eigenvalue weighted by atomic mass is 16.5. The monoisotopic (exact) mass is 208 g/mol. The second-order valence-corrected chi connectivity index (χ2v) is 3.93. The van der Waals surface area contributed by atoms with E-state index in [0.717, 1.165) is 18.0 Å². The molecule has 0 heterocycles.